The predicted octanol–water partition coefficient (Wildman–Crippen LogP) is 9.99. The molecule has 0 radical (unpaired) electrons. The van der Waals surface area contributed by atoms with E-state index >= 15 is 0 Å². The van der Waals surface area contributed by atoms with Gasteiger partial charge in [-0.1, -0.05) is 57.4 Å². The van der Waals surface area contributed by atoms with Gasteiger partial charge in [-0.25, -0.2) is 15.0 Å². The standard InChI is InChI=1S/C27H23ClN4O4.C15H11BrClN3O2.C11H19BO3/c28-18-4-5-21(30-13-18)23(33)11-16-3-6-24-19(10-16)27(7-9-35-26(29)32-27)20-12-22(31-14-25(20)36-24)17-2-1-8-34-15-17;16-8-1-2-11-9(5-8)15(3-4-21-14(18)20-15)10-6-13(17)19-7-12(10)22-11;1-10(2)11(3,4)15-12(14-10)9-6-5-7-13-8-9/h2-6,10,12-14H,1,7-9,11,15H2,(H2,29,32);1-2,5-7H,3-4H2,(H2,18,20);6H,5,7-8H2,1-4H3/t27-;15-;/m00./s1. The van der Waals surface area contributed by atoms with Gasteiger partial charge in [-0.15, -0.1) is 0 Å². The van der Waals surface area contributed by atoms with Crippen LogP contribution in [0.15, 0.2) is 111 Å². The molecule has 2 spiro atoms. The molecule has 3 aromatic heterocycles. The Balaban J connectivity index is 0.000000140. The van der Waals surface area contributed by atoms with Gasteiger partial charge in [-0.05, 0) is 112 Å². The molecule has 0 amide bonds. The lowest BCUT2D eigenvalue weighted by Crippen LogP contribution is -2.41. The highest BCUT2D eigenvalue weighted by atomic mass is 79.9. The van der Waals surface area contributed by atoms with Gasteiger partial charge in [0.2, 0.25) is 0 Å². The summed E-state index contributed by atoms with van der Waals surface area (Å²) in [5.41, 5.74) is 17.6. The molecule has 1 saturated heterocycles. The minimum absolute atomic E-state index is 0.108. The summed E-state index contributed by atoms with van der Waals surface area (Å²) in [6.07, 6.45) is 12.3. The van der Waals surface area contributed by atoms with Crippen molar-refractivity contribution in [3.63, 3.8) is 0 Å². The van der Waals surface area contributed by atoms with E-state index in [1.54, 1.807) is 30.6 Å². The smallest absolute Gasteiger partial charge is 0.465 e. The van der Waals surface area contributed by atoms with Crippen molar-refractivity contribution in [2.75, 3.05) is 39.6 Å². The van der Waals surface area contributed by atoms with E-state index in [1.165, 1.54) is 6.20 Å². The van der Waals surface area contributed by atoms with E-state index in [2.05, 4.69) is 75.7 Å². The third-order valence-electron chi connectivity index (χ3n) is 14.0. The zero-order valence-electron chi connectivity index (χ0n) is 40.7. The van der Waals surface area contributed by atoms with Crippen LogP contribution in [0.1, 0.15) is 97.4 Å². The number of benzene rings is 2. The fourth-order valence-electron chi connectivity index (χ4n) is 9.61. The summed E-state index contributed by atoms with van der Waals surface area (Å²) in [7, 11) is -0.227. The molecular formula is C53H53BBrCl2N7O9. The average molecular weight is 1090 g/mol. The molecule has 12 rings (SSSR count). The first-order valence-corrected chi connectivity index (χ1v) is 25.5. The first kappa shape index (κ1) is 50.7. The highest BCUT2D eigenvalue weighted by Crippen LogP contribution is 2.54. The van der Waals surface area contributed by atoms with Gasteiger partial charge in [0.1, 0.15) is 33.4 Å². The number of fused-ring (bicyclic) bond motifs is 8. The maximum Gasteiger partial charge on any atom is 0.492 e. The Morgan fingerprint density at radius 1 is 0.671 bits per heavy atom. The van der Waals surface area contributed by atoms with Crippen LogP contribution < -0.4 is 20.9 Å². The SMILES string of the molecule is CC1(C)OB(C2=CCCOC2)OC1(C)C.NC1=N[C@@]2(CCO1)c1cc(Br)ccc1Oc1cnc(Cl)cc12.NC1=N[C@@]2(CCO1)c1cc(CC(=O)c3ccc(Cl)cn3)ccc1Oc1cnc(C3=CCCOC3)cc12. The number of amidine groups is 2. The number of rotatable bonds is 5. The monoisotopic (exact) mass is 1090 g/mol. The number of ether oxygens (including phenoxy) is 6. The van der Waals surface area contributed by atoms with Crippen LogP contribution in [0.3, 0.4) is 0 Å². The molecule has 10 heterocycles. The Morgan fingerprint density at radius 2 is 1.27 bits per heavy atom. The molecule has 73 heavy (non-hydrogen) atoms. The van der Waals surface area contributed by atoms with Crippen LogP contribution in [-0.4, -0.2) is 90.7 Å². The third kappa shape index (κ3) is 10.2. The molecule has 7 aliphatic rings. The largest absolute Gasteiger partial charge is 0.492 e. The van der Waals surface area contributed by atoms with Crippen LogP contribution in [0, 0.1) is 0 Å². The zero-order valence-corrected chi connectivity index (χ0v) is 43.8. The number of aliphatic imine (C=N–C) groups is 2. The van der Waals surface area contributed by atoms with Crippen molar-refractivity contribution in [2.45, 2.75) is 82.1 Å². The summed E-state index contributed by atoms with van der Waals surface area (Å²) in [5.74, 6) is 2.53. The van der Waals surface area contributed by atoms with Crippen molar-refractivity contribution in [1.29, 1.82) is 0 Å². The Morgan fingerprint density at radius 3 is 1.88 bits per heavy atom. The van der Waals surface area contributed by atoms with Gasteiger partial charge >= 0.3 is 7.12 Å². The Hall–Kier alpha value is -5.86. The van der Waals surface area contributed by atoms with Gasteiger partial charge in [0.25, 0.3) is 12.0 Å². The minimum Gasteiger partial charge on any atom is -0.465 e. The van der Waals surface area contributed by atoms with Crippen LogP contribution in [0.4, 0.5) is 0 Å². The molecule has 0 bridgehead atoms. The summed E-state index contributed by atoms with van der Waals surface area (Å²) in [6.45, 7) is 11.8. The fraction of sp³-hybridized carbons (Fsp3) is 0.358. The summed E-state index contributed by atoms with van der Waals surface area (Å²) in [4.78, 5) is 35.2. The number of halogens is 3. The molecule has 2 atom stereocenters. The highest BCUT2D eigenvalue weighted by molar-refractivity contribution is 9.10. The van der Waals surface area contributed by atoms with Gasteiger partial charge < -0.3 is 49.2 Å². The van der Waals surface area contributed by atoms with Crippen LogP contribution in [-0.2, 0) is 45.8 Å². The van der Waals surface area contributed by atoms with Crippen molar-refractivity contribution in [3.8, 4) is 23.0 Å². The normalized spacial score (nSPS) is 22.7. The zero-order chi connectivity index (χ0) is 51.1. The number of Topliss-reactive ketones (excluding diaryl/α,β-unsaturated/α-hetero) is 1. The van der Waals surface area contributed by atoms with Crippen LogP contribution in [0.25, 0.3) is 5.57 Å². The number of hydrogen-bond acceptors (Lipinski definition) is 16. The molecule has 1 fully saturated rings. The lowest BCUT2D eigenvalue weighted by atomic mass is 9.77. The Bertz CT molecular complexity index is 3030. The number of pyridine rings is 3. The first-order valence-electron chi connectivity index (χ1n) is 24.0. The van der Waals surface area contributed by atoms with E-state index < -0.39 is 11.1 Å². The summed E-state index contributed by atoms with van der Waals surface area (Å²) in [5, 5.41) is 0.873. The number of nitrogens with zero attached hydrogens (tertiary/aromatic N) is 5. The van der Waals surface area contributed by atoms with Crippen LogP contribution in [0.5, 0.6) is 23.0 Å². The molecule has 7 aliphatic heterocycles. The fourth-order valence-corrected chi connectivity index (χ4v) is 10.2. The lowest BCUT2D eigenvalue weighted by Gasteiger charge is -2.39. The average Bonchev–Trinajstić information content (AvgIpc) is 3.61. The molecule has 0 aliphatic carbocycles. The van der Waals surface area contributed by atoms with E-state index in [0.29, 0.717) is 79.0 Å². The Kier molecular flexibility index (Phi) is 14.2. The number of ketones is 1. The van der Waals surface area contributed by atoms with Crippen LogP contribution in [0.2, 0.25) is 10.2 Å². The quantitative estimate of drug-likeness (QED) is 0.0955. The van der Waals surface area contributed by atoms with Gasteiger partial charge in [0, 0.05) is 52.2 Å². The lowest BCUT2D eigenvalue weighted by molar-refractivity contribution is 0.00578. The molecule has 2 aromatic carbocycles. The van der Waals surface area contributed by atoms with Crippen molar-refractivity contribution >= 4 is 69.6 Å². The van der Waals surface area contributed by atoms with Gasteiger partial charge in [-0.2, -0.15) is 0 Å². The van der Waals surface area contributed by atoms with E-state index in [1.807, 2.05) is 42.5 Å². The summed E-state index contributed by atoms with van der Waals surface area (Å²) in [6, 6.07) is 18.9. The van der Waals surface area contributed by atoms with Gasteiger partial charge in [0.05, 0.1) is 74.0 Å². The van der Waals surface area contributed by atoms with Crippen molar-refractivity contribution in [3.05, 3.63) is 151 Å². The molecular weight excluding hydrogens is 1040 g/mol. The van der Waals surface area contributed by atoms with Crippen molar-refractivity contribution < 1.29 is 42.5 Å². The minimum atomic E-state index is -0.823. The third-order valence-corrected chi connectivity index (χ3v) is 15.0. The second-order valence-corrected chi connectivity index (χ2v) is 21.0. The van der Waals surface area contributed by atoms with Gasteiger partial charge in [0.15, 0.2) is 17.3 Å². The summed E-state index contributed by atoms with van der Waals surface area (Å²) >= 11 is 15.5. The van der Waals surface area contributed by atoms with E-state index in [-0.39, 0.29) is 42.6 Å². The molecule has 20 heteroatoms. The van der Waals surface area contributed by atoms with E-state index in [4.69, 9.17) is 77.4 Å². The molecule has 0 unspecified atom stereocenters. The maximum atomic E-state index is 12.9. The maximum absolute atomic E-state index is 12.9. The number of hydrogen-bond donors (Lipinski definition) is 2. The second kappa shape index (κ2) is 20.5. The first-order chi connectivity index (χ1) is 35.0. The number of carbonyl (C=O) groups excluding carboxylic acids is 1. The summed E-state index contributed by atoms with van der Waals surface area (Å²) < 4.78 is 46.9. The number of nitrogens with two attached hydrogens (primary N) is 2. The molecule has 378 valence electrons. The van der Waals surface area contributed by atoms with Crippen LogP contribution >= 0.6 is 39.1 Å². The molecule has 0 saturated carbocycles. The highest BCUT2D eigenvalue weighted by Gasteiger charge is 2.52. The van der Waals surface area contributed by atoms with Crippen molar-refractivity contribution in [1.82, 2.24) is 15.0 Å². The Labute approximate surface area is 441 Å². The number of aromatic nitrogens is 3. The van der Waals surface area contributed by atoms with Gasteiger partial charge in [-0.3, -0.25) is 14.8 Å². The molecule has 5 aromatic rings. The van der Waals surface area contributed by atoms with E-state index in [9.17, 15) is 4.79 Å². The van der Waals surface area contributed by atoms with E-state index in [0.717, 1.165) is 74.2 Å². The molecule has 16 nitrogen and oxygen atoms in total. The number of carbonyl (C=O) groups is 1. The van der Waals surface area contributed by atoms with Crippen molar-refractivity contribution in [2.24, 2.45) is 21.5 Å². The topological polar surface area (TPSA) is 206 Å². The second-order valence-electron chi connectivity index (χ2n) is 19.3. The molecule has 4 N–H and O–H groups in total. The predicted molar refractivity (Wildman–Crippen MR) is 280 cm³/mol.